The Labute approximate surface area is 86.6 Å². The molecule has 0 radical (unpaired) electrons. The number of likely N-dealkylation sites (tertiary alicyclic amines) is 1. The number of nitrogens with zero attached hydrogens (tertiary/aromatic N) is 1. The van der Waals surface area contributed by atoms with E-state index >= 15 is 0 Å². The van der Waals surface area contributed by atoms with Crippen molar-refractivity contribution in [2.75, 3.05) is 32.8 Å². The molecule has 2 aliphatic rings. The number of nitrogens with two attached hydrogens (primary N) is 1. The van der Waals surface area contributed by atoms with Crippen LogP contribution in [0.3, 0.4) is 0 Å². The van der Waals surface area contributed by atoms with Crippen molar-refractivity contribution in [2.45, 2.75) is 25.8 Å². The number of ether oxygens (including phenoxy) is 1. The third-order valence-corrected chi connectivity index (χ3v) is 3.60. The Morgan fingerprint density at radius 3 is 2.93 bits per heavy atom. The second-order valence-corrected chi connectivity index (χ2v) is 4.92. The summed E-state index contributed by atoms with van der Waals surface area (Å²) < 4.78 is 5.40. The van der Waals surface area contributed by atoms with Crippen molar-refractivity contribution in [3.8, 4) is 0 Å². The van der Waals surface area contributed by atoms with Gasteiger partial charge < -0.3 is 15.4 Å². The van der Waals surface area contributed by atoms with E-state index in [0.29, 0.717) is 12.0 Å². The van der Waals surface area contributed by atoms with E-state index in [1.165, 1.54) is 26.1 Å². The van der Waals surface area contributed by atoms with Gasteiger partial charge in [0, 0.05) is 25.7 Å². The highest BCUT2D eigenvalue weighted by atomic mass is 16.5. The highest BCUT2D eigenvalue weighted by Crippen LogP contribution is 2.19. The van der Waals surface area contributed by atoms with Gasteiger partial charge in [0.25, 0.3) is 0 Å². The predicted octanol–water partition coefficient (Wildman–Crippen LogP) is 0.692. The molecule has 2 saturated heterocycles. The van der Waals surface area contributed by atoms with Crippen LogP contribution in [-0.4, -0.2) is 43.8 Å². The quantitative estimate of drug-likeness (QED) is 0.709. The minimum absolute atomic E-state index is 0.422. The molecule has 0 aromatic heterocycles. The largest absolute Gasteiger partial charge is 0.381 e. The van der Waals surface area contributed by atoms with E-state index in [1.807, 2.05) is 0 Å². The maximum Gasteiger partial charge on any atom is 0.0507 e. The average molecular weight is 198 g/mol. The molecule has 0 amide bonds. The first kappa shape index (κ1) is 10.4. The van der Waals surface area contributed by atoms with Crippen molar-refractivity contribution in [3.63, 3.8) is 0 Å². The molecule has 3 heteroatoms. The van der Waals surface area contributed by atoms with E-state index in [2.05, 4.69) is 11.8 Å². The molecule has 0 aromatic carbocycles. The number of hydrogen-bond acceptors (Lipinski definition) is 3. The second-order valence-electron chi connectivity index (χ2n) is 4.92. The molecular formula is C11H22N2O. The fourth-order valence-electron chi connectivity index (χ4n) is 2.51. The molecule has 2 aliphatic heterocycles. The maximum absolute atomic E-state index is 6.00. The molecule has 3 atom stereocenters. The second kappa shape index (κ2) is 4.60. The van der Waals surface area contributed by atoms with Gasteiger partial charge in [0.1, 0.15) is 0 Å². The fourth-order valence-corrected chi connectivity index (χ4v) is 2.51. The molecule has 0 aliphatic carbocycles. The van der Waals surface area contributed by atoms with Gasteiger partial charge in [-0.05, 0) is 31.2 Å². The molecule has 2 rings (SSSR count). The summed E-state index contributed by atoms with van der Waals surface area (Å²) in [6, 6.07) is 0.422. The third kappa shape index (κ3) is 2.47. The Morgan fingerprint density at radius 1 is 1.43 bits per heavy atom. The highest BCUT2D eigenvalue weighted by molar-refractivity contribution is 4.81. The summed E-state index contributed by atoms with van der Waals surface area (Å²) in [6.45, 7) is 7.78. The van der Waals surface area contributed by atoms with Crippen molar-refractivity contribution >= 4 is 0 Å². The Bertz CT molecular complexity index is 180. The summed E-state index contributed by atoms with van der Waals surface area (Å²) >= 11 is 0. The average Bonchev–Trinajstić information content (AvgIpc) is 2.64. The van der Waals surface area contributed by atoms with Crippen LogP contribution in [0.25, 0.3) is 0 Å². The fraction of sp³-hybridized carbons (Fsp3) is 1.00. The topological polar surface area (TPSA) is 38.5 Å². The van der Waals surface area contributed by atoms with Gasteiger partial charge in [-0.2, -0.15) is 0 Å². The first-order valence-electron chi connectivity index (χ1n) is 5.81. The summed E-state index contributed by atoms with van der Waals surface area (Å²) in [4.78, 5) is 2.56. The zero-order valence-corrected chi connectivity index (χ0v) is 9.11. The van der Waals surface area contributed by atoms with Crippen molar-refractivity contribution in [3.05, 3.63) is 0 Å². The number of rotatable bonds is 2. The lowest BCUT2D eigenvalue weighted by Crippen LogP contribution is -2.47. The summed E-state index contributed by atoms with van der Waals surface area (Å²) in [6.07, 6.45) is 2.41. The zero-order valence-electron chi connectivity index (χ0n) is 9.11. The van der Waals surface area contributed by atoms with E-state index in [0.717, 1.165) is 25.6 Å². The molecule has 2 N–H and O–H groups in total. The van der Waals surface area contributed by atoms with E-state index in [4.69, 9.17) is 10.5 Å². The standard InChI is InChI=1S/C11H22N2O/c1-9-6-13(4-2-11(9)12)7-10-3-5-14-8-10/h9-11H,2-8,12H2,1H3. The smallest absolute Gasteiger partial charge is 0.0507 e. The van der Waals surface area contributed by atoms with Crippen molar-refractivity contribution in [2.24, 2.45) is 17.6 Å². The third-order valence-electron chi connectivity index (χ3n) is 3.60. The van der Waals surface area contributed by atoms with Crippen molar-refractivity contribution in [1.29, 1.82) is 0 Å². The summed E-state index contributed by atoms with van der Waals surface area (Å²) in [5, 5.41) is 0. The molecule has 3 nitrogen and oxygen atoms in total. The monoisotopic (exact) mass is 198 g/mol. The molecule has 2 fully saturated rings. The Kier molecular flexibility index (Phi) is 3.42. The molecule has 0 aromatic rings. The van der Waals surface area contributed by atoms with Crippen LogP contribution >= 0.6 is 0 Å². The van der Waals surface area contributed by atoms with Crippen molar-refractivity contribution < 1.29 is 4.74 Å². The number of hydrogen-bond donors (Lipinski definition) is 1. The van der Waals surface area contributed by atoms with Crippen LogP contribution in [0.5, 0.6) is 0 Å². The van der Waals surface area contributed by atoms with Gasteiger partial charge in [-0.3, -0.25) is 0 Å². The minimum Gasteiger partial charge on any atom is -0.381 e. The van der Waals surface area contributed by atoms with Crippen LogP contribution in [0, 0.1) is 11.8 Å². The Hall–Kier alpha value is -0.120. The van der Waals surface area contributed by atoms with E-state index in [1.54, 1.807) is 0 Å². The summed E-state index contributed by atoms with van der Waals surface area (Å²) in [5.74, 6) is 1.43. The van der Waals surface area contributed by atoms with Gasteiger partial charge in [-0.1, -0.05) is 6.92 Å². The van der Waals surface area contributed by atoms with Gasteiger partial charge in [0.05, 0.1) is 6.61 Å². The van der Waals surface area contributed by atoms with E-state index in [-0.39, 0.29) is 0 Å². The zero-order chi connectivity index (χ0) is 9.97. The van der Waals surface area contributed by atoms with Gasteiger partial charge in [-0.15, -0.1) is 0 Å². The first-order valence-corrected chi connectivity index (χ1v) is 5.81. The predicted molar refractivity (Wildman–Crippen MR) is 57.1 cm³/mol. The maximum atomic E-state index is 6.00. The van der Waals surface area contributed by atoms with Crippen LogP contribution in [0.15, 0.2) is 0 Å². The molecule has 0 saturated carbocycles. The molecule has 2 heterocycles. The molecule has 82 valence electrons. The molecule has 14 heavy (non-hydrogen) atoms. The van der Waals surface area contributed by atoms with Gasteiger partial charge in [-0.25, -0.2) is 0 Å². The van der Waals surface area contributed by atoms with Gasteiger partial charge >= 0.3 is 0 Å². The lowest BCUT2D eigenvalue weighted by Gasteiger charge is -2.36. The molecular weight excluding hydrogens is 176 g/mol. The highest BCUT2D eigenvalue weighted by Gasteiger charge is 2.26. The SMILES string of the molecule is CC1CN(CC2CCOC2)CCC1N. The summed E-state index contributed by atoms with van der Waals surface area (Å²) in [7, 11) is 0. The van der Waals surface area contributed by atoms with Crippen molar-refractivity contribution in [1.82, 2.24) is 4.90 Å². The van der Waals surface area contributed by atoms with Crippen LogP contribution in [0.2, 0.25) is 0 Å². The Morgan fingerprint density at radius 2 is 2.29 bits per heavy atom. The first-order chi connectivity index (χ1) is 6.75. The van der Waals surface area contributed by atoms with E-state index < -0.39 is 0 Å². The molecule has 0 spiro atoms. The lowest BCUT2D eigenvalue weighted by molar-refractivity contribution is 0.129. The lowest BCUT2D eigenvalue weighted by atomic mass is 9.94. The molecule has 3 unspecified atom stereocenters. The van der Waals surface area contributed by atoms with Gasteiger partial charge in [0.15, 0.2) is 0 Å². The van der Waals surface area contributed by atoms with Crippen LogP contribution in [0.4, 0.5) is 0 Å². The Balaban J connectivity index is 1.75. The summed E-state index contributed by atoms with van der Waals surface area (Å²) in [5.41, 5.74) is 6.00. The normalized spacial score (nSPS) is 40.3. The van der Waals surface area contributed by atoms with Gasteiger partial charge in [0.2, 0.25) is 0 Å². The minimum atomic E-state index is 0.422. The van der Waals surface area contributed by atoms with Crippen LogP contribution in [-0.2, 0) is 4.74 Å². The van der Waals surface area contributed by atoms with E-state index in [9.17, 15) is 0 Å². The number of piperidine rings is 1. The molecule has 0 bridgehead atoms. The van der Waals surface area contributed by atoms with Crippen LogP contribution < -0.4 is 5.73 Å². The van der Waals surface area contributed by atoms with Crippen LogP contribution in [0.1, 0.15) is 19.8 Å².